The van der Waals surface area contributed by atoms with Gasteiger partial charge in [-0.1, -0.05) is 35.9 Å². The van der Waals surface area contributed by atoms with E-state index in [1.54, 1.807) is 19.2 Å². The van der Waals surface area contributed by atoms with Crippen LogP contribution in [0.3, 0.4) is 0 Å². The molecule has 6 nitrogen and oxygen atoms in total. The van der Waals surface area contributed by atoms with Crippen LogP contribution in [0, 0.1) is 0 Å². The summed E-state index contributed by atoms with van der Waals surface area (Å²) in [5.74, 6) is 0.862. The van der Waals surface area contributed by atoms with Crippen LogP contribution in [0.25, 0.3) is 0 Å². The fourth-order valence-electron chi connectivity index (χ4n) is 3.65. The maximum Gasteiger partial charge on any atom is 0.234 e. The molecule has 162 valence electrons. The molecule has 1 N–H and O–H groups in total. The molecule has 0 aliphatic carbocycles. The number of hydrogen-bond donors (Lipinski definition) is 1. The molecule has 2 atom stereocenters. The predicted octanol–water partition coefficient (Wildman–Crippen LogP) is 3.22. The summed E-state index contributed by atoms with van der Waals surface area (Å²) < 4.78 is 29.2. The Bertz CT molecular complexity index is 962. The smallest absolute Gasteiger partial charge is 0.234 e. The monoisotopic (exact) mass is 450 g/mol. The van der Waals surface area contributed by atoms with E-state index in [1.807, 2.05) is 48.2 Å². The molecule has 2 unspecified atom stereocenters. The number of nitrogens with zero attached hydrogens (tertiary/aromatic N) is 1. The van der Waals surface area contributed by atoms with Crippen molar-refractivity contribution in [1.82, 2.24) is 10.2 Å². The van der Waals surface area contributed by atoms with Gasteiger partial charge in [0.1, 0.15) is 5.75 Å². The molecule has 8 heteroatoms. The van der Waals surface area contributed by atoms with Crippen molar-refractivity contribution < 1.29 is 17.9 Å². The summed E-state index contributed by atoms with van der Waals surface area (Å²) in [5, 5.41) is 3.65. The summed E-state index contributed by atoms with van der Waals surface area (Å²) in [4.78, 5) is 14.7. The number of amides is 1. The molecular weight excluding hydrogens is 424 g/mol. The second kappa shape index (κ2) is 9.81. The number of rotatable bonds is 8. The van der Waals surface area contributed by atoms with Crippen molar-refractivity contribution in [3.8, 4) is 5.75 Å². The summed E-state index contributed by atoms with van der Waals surface area (Å²) >= 11 is 5.93. The molecule has 3 rings (SSSR count). The largest absolute Gasteiger partial charge is 0.497 e. The quantitative estimate of drug-likeness (QED) is 0.668. The van der Waals surface area contributed by atoms with E-state index in [0.717, 1.165) is 16.9 Å². The number of benzene rings is 2. The SMILES string of the molecule is COc1ccc(CN(CC(=O)NC(C)c2ccc(Cl)cc2)C2CCS(=O)(=O)C2)cc1. The van der Waals surface area contributed by atoms with Crippen molar-refractivity contribution in [3.63, 3.8) is 0 Å². The van der Waals surface area contributed by atoms with Crippen molar-refractivity contribution in [2.24, 2.45) is 0 Å². The lowest BCUT2D eigenvalue weighted by Crippen LogP contribution is -2.43. The predicted molar refractivity (Wildman–Crippen MR) is 118 cm³/mol. The van der Waals surface area contributed by atoms with Crippen LogP contribution in [-0.4, -0.2) is 50.4 Å². The third-order valence-electron chi connectivity index (χ3n) is 5.36. The van der Waals surface area contributed by atoms with Gasteiger partial charge in [0.05, 0.1) is 31.2 Å². The van der Waals surface area contributed by atoms with Gasteiger partial charge in [-0.3, -0.25) is 9.69 Å². The summed E-state index contributed by atoms with van der Waals surface area (Å²) in [6.45, 7) is 2.53. The zero-order valence-electron chi connectivity index (χ0n) is 17.2. The van der Waals surface area contributed by atoms with Crippen LogP contribution in [0.15, 0.2) is 48.5 Å². The van der Waals surface area contributed by atoms with Crippen LogP contribution in [0.4, 0.5) is 0 Å². The lowest BCUT2D eigenvalue weighted by atomic mass is 10.1. The van der Waals surface area contributed by atoms with E-state index < -0.39 is 9.84 Å². The Labute approximate surface area is 183 Å². The summed E-state index contributed by atoms with van der Waals surface area (Å²) in [6, 6.07) is 14.6. The Morgan fingerprint density at radius 2 is 1.87 bits per heavy atom. The van der Waals surface area contributed by atoms with Crippen LogP contribution in [-0.2, 0) is 21.2 Å². The molecule has 0 aromatic heterocycles. The molecule has 0 saturated carbocycles. The highest BCUT2D eigenvalue weighted by molar-refractivity contribution is 7.91. The molecular formula is C22H27ClN2O4S. The number of carbonyl (C=O) groups is 1. The molecule has 1 aliphatic heterocycles. The first-order chi connectivity index (χ1) is 14.3. The molecule has 1 heterocycles. The van der Waals surface area contributed by atoms with E-state index in [2.05, 4.69) is 5.32 Å². The van der Waals surface area contributed by atoms with Gasteiger partial charge in [-0.15, -0.1) is 0 Å². The Morgan fingerprint density at radius 3 is 2.43 bits per heavy atom. The third kappa shape index (κ3) is 6.20. The fraction of sp³-hybridized carbons (Fsp3) is 0.409. The Balaban J connectivity index is 1.69. The van der Waals surface area contributed by atoms with E-state index >= 15 is 0 Å². The van der Waals surface area contributed by atoms with E-state index in [-0.39, 0.29) is 36.0 Å². The van der Waals surface area contributed by atoms with Gasteiger partial charge in [0.2, 0.25) is 5.91 Å². The van der Waals surface area contributed by atoms with E-state index in [9.17, 15) is 13.2 Å². The minimum atomic E-state index is -3.06. The Morgan fingerprint density at radius 1 is 1.20 bits per heavy atom. The summed E-state index contributed by atoms with van der Waals surface area (Å²) in [5.41, 5.74) is 1.96. The maximum absolute atomic E-state index is 12.8. The van der Waals surface area contributed by atoms with Crippen molar-refractivity contribution in [2.45, 2.75) is 32.0 Å². The number of methoxy groups -OCH3 is 1. The van der Waals surface area contributed by atoms with Crippen molar-refractivity contribution in [3.05, 3.63) is 64.7 Å². The van der Waals surface area contributed by atoms with Crippen LogP contribution >= 0.6 is 11.6 Å². The number of hydrogen-bond acceptors (Lipinski definition) is 5. The first-order valence-corrected chi connectivity index (χ1v) is 12.1. The average molecular weight is 451 g/mol. The molecule has 1 amide bonds. The maximum atomic E-state index is 12.8. The van der Waals surface area contributed by atoms with E-state index in [4.69, 9.17) is 16.3 Å². The summed E-state index contributed by atoms with van der Waals surface area (Å²) in [6.07, 6.45) is 0.540. The average Bonchev–Trinajstić information content (AvgIpc) is 3.08. The normalized spacial score (nSPS) is 18.9. The van der Waals surface area contributed by atoms with Crippen LogP contribution < -0.4 is 10.1 Å². The molecule has 2 aromatic rings. The third-order valence-corrected chi connectivity index (χ3v) is 7.37. The number of nitrogens with one attached hydrogen (secondary N) is 1. The standard InChI is InChI=1S/C22H27ClN2O4S/c1-16(18-5-7-19(23)8-6-18)24-22(26)14-25(20-11-12-30(27,28)15-20)13-17-3-9-21(29-2)10-4-17/h3-10,16,20H,11-15H2,1-2H3,(H,24,26). The van der Waals surface area contributed by atoms with Gasteiger partial charge in [0.25, 0.3) is 0 Å². The van der Waals surface area contributed by atoms with Crippen molar-refractivity contribution in [2.75, 3.05) is 25.2 Å². The molecule has 0 radical (unpaired) electrons. The molecule has 1 aliphatic rings. The molecule has 1 saturated heterocycles. The van der Waals surface area contributed by atoms with Gasteiger partial charge in [-0.05, 0) is 48.7 Å². The van der Waals surface area contributed by atoms with Gasteiger partial charge < -0.3 is 10.1 Å². The first-order valence-electron chi connectivity index (χ1n) is 9.88. The number of sulfone groups is 1. The van der Waals surface area contributed by atoms with Crippen LogP contribution in [0.5, 0.6) is 5.75 Å². The molecule has 30 heavy (non-hydrogen) atoms. The first kappa shape index (κ1) is 22.6. The van der Waals surface area contributed by atoms with E-state index in [0.29, 0.717) is 18.0 Å². The Hall–Kier alpha value is -2.09. The highest BCUT2D eigenvalue weighted by Crippen LogP contribution is 2.22. The highest BCUT2D eigenvalue weighted by atomic mass is 35.5. The van der Waals surface area contributed by atoms with Crippen LogP contribution in [0.2, 0.25) is 5.02 Å². The second-order valence-electron chi connectivity index (χ2n) is 7.65. The number of carbonyl (C=O) groups excluding carboxylic acids is 1. The number of halogens is 1. The van der Waals surface area contributed by atoms with Crippen LogP contribution in [0.1, 0.15) is 30.5 Å². The van der Waals surface area contributed by atoms with Gasteiger partial charge in [0.15, 0.2) is 9.84 Å². The fourth-order valence-corrected chi connectivity index (χ4v) is 5.54. The zero-order chi connectivity index (χ0) is 21.7. The highest BCUT2D eigenvalue weighted by Gasteiger charge is 2.33. The number of ether oxygens (including phenoxy) is 1. The van der Waals surface area contributed by atoms with Gasteiger partial charge in [0, 0.05) is 17.6 Å². The molecule has 0 bridgehead atoms. The lowest BCUT2D eigenvalue weighted by Gasteiger charge is -2.28. The topological polar surface area (TPSA) is 75.7 Å². The van der Waals surface area contributed by atoms with Crippen molar-refractivity contribution >= 4 is 27.3 Å². The second-order valence-corrected chi connectivity index (χ2v) is 10.3. The van der Waals surface area contributed by atoms with Gasteiger partial charge in [-0.2, -0.15) is 0 Å². The molecule has 2 aromatic carbocycles. The van der Waals surface area contributed by atoms with Gasteiger partial charge >= 0.3 is 0 Å². The Kier molecular flexibility index (Phi) is 7.39. The zero-order valence-corrected chi connectivity index (χ0v) is 18.7. The van der Waals surface area contributed by atoms with Gasteiger partial charge in [-0.25, -0.2) is 8.42 Å². The molecule has 0 spiro atoms. The molecule has 1 fully saturated rings. The minimum absolute atomic E-state index is 0.0865. The van der Waals surface area contributed by atoms with E-state index in [1.165, 1.54) is 0 Å². The minimum Gasteiger partial charge on any atom is -0.497 e. The van der Waals surface area contributed by atoms with Crippen molar-refractivity contribution in [1.29, 1.82) is 0 Å². The summed E-state index contributed by atoms with van der Waals surface area (Å²) in [7, 11) is -1.45. The lowest BCUT2D eigenvalue weighted by molar-refractivity contribution is -0.123.